The number of rotatable bonds is 4. The number of hydrogen-bond acceptors (Lipinski definition) is 2. The summed E-state index contributed by atoms with van der Waals surface area (Å²) < 4.78 is 29.6. The second kappa shape index (κ2) is 6.12. The molecule has 0 aliphatic heterocycles. The van der Waals surface area contributed by atoms with E-state index in [2.05, 4.69) is 20.7 Å². The first-order valence-electron chi connectivity index (χ1n) is 5.62. The summed E-state index contributed by atoms with van der Waals surface area (Å²) in [6, 6.07) is 13.6. The highest BCUT2D eigenvalue weighted by Crippen LogP contribution is 2.25. The van der Waals surface area contributed by atoms with E-state index in [0.717, 1.165) is 15.6 Å². The fraction of sp³-hybridized carbons (Fsp3) is 0.143. The van der Waals surface area contributed by atoms with Gasteiger partial charge in [0.1, 0.15) is 5.75 Å². The summed E-state index contributed by atoms with van der Waals surface area (Å²) in [5.41, 5.74) is 7.73. The fourth-order valence-electron chi connectivity index (χ4n) is 1.75. The smallest absolute Gasteiger partial charge is 0.387 e. The van der Waals surface area contributed by atoms with E-state index in [4.69, 9.17) is 5.73 Å². The van der Waals surface area contributed by atoms with Gasteiger partial charge in [0.05, 0.1) is 6.04 Å². The Labute approximate surface area is 118 Å². The second-order valence-corrected chi connectivity index (χ2v) is 4.90. The number of nitrogens with two attached hydrogens (primary N) is 1. The van der Waals surface area contributed by atoms with E-state index in [-0.39, 0.29) is 11.8 Å². The van der Waals surface area contributed by atoms with Gasteiger partial charge in [-0.15, -0.1) is 0 Å². The second-order valence-electron chi connectivity index (χ2n) is 3.98. The van der Waals surface area contributed by atoms with Crippen LogP contribution >= 0.6 is 15.9 Å². The van der Waals surface area contributed by atoms with Crippen LogP contribution in [0.25, 0.3) is 0 Å². The van der Waals surface area contributed by atoms with Crippen LogP contribution in [-0.4, -0.2) is 6.61 Å². The molecule has 0 saturated carbocycles. The van der Waals surface area contributed by atoms with Crippen molar-refractivity contribution in [2.75, 3.05) is 0 Å². The molecule has 0 saturated heterocycles. The van der Waals surface area contributed by atoms with Gasteiger partial charge in [-0.2, -0.15) is 8.78 Å². The lowest BCUT2D eigenvalue weighted by atomic mass is 10.00. The van der Waals surface area contributed by atoms with Crippen molar-refractivity contribution in [3.05, 3.63) is 64.1 Å². The van der Waals surface area contributed by atoms with Crippen LogP contribution in [0, 0.1) is 0 Å². The third-order valence-electron chi connectivity index (χ3n) is 2.67. The highest BCUT2D eigenvalue weighted by atomic mass is 79.9. The van der Waals surface area contributed by atoms with Crippen molar-refractivity contribution in [1.82, 2.24) is 0 Å². The van der Waals surface area contributed by atoms with Crippen LogP contribution in [0.2, 0.25) is 0 Å². The predicted molar refractivity (Wildman–Crippen MR) is 73.2 cm³/mol. The zero-order valence-electron chi connectivity index (χ0n) is 9.89. The van der Waals surface area contributed by atoms with Crippen LogP contribution < -0.4 is 10.5 Å². The fourth-order valence-corrected chi connectivity index (χ4v) is 2.01. The molecule has 0 heterocycles. The van der Waals surface area contributed by atoms with Gasteiger partial charge in [0.15, 0.2) is 0 Å². The Morgan fingerprint density at radius 1 is 1.00 bits per heavy atom. The molecule has 5 heteroatoms. The van der Waals surface area contributed by atoms with Crippen molar-refractivity contribution in [2.45, 2.75) is 12.7 Å². The van der Waals surface area contributed by atoms with E-state index in [1.165, 1.54) is 12.1 Å². The lowest BCUT2D eigenvalue weighted by Crippen LogP contribution is -2.12. The van der Waals surface area contributed by atoms with Crippen molar-refractivity contribution < 1.29 is 13.5 Å². The number of ether oxygens (including phenoxy) is 1. The summed E-state index contributed by atoms with van der Waals surface area (Å²) in [5.74, 6) is 0.111. The summed E-state index contributed by atoms with van der Waals surface area (Å²) in [7, 11) is 0. The highest BCUT2D eigenvalue weighted by Gasteiger charge is 2.11. The molecule has 2 nitrogen and oxygen atoms in total. The molecule has 100 valence electrons. The van der Waals surface area contributed by atoms with Gasteiger partial charge in [-0.1, -0.05) is 40.2 Å². The lowest BCUT2D eigenvalue weighted by molar-refractivity contribution is -0.0498. The van der Waals surface area contributed by atoms with E-state index in [1.807, 2.05) is 24.3 Å². The van der Waals surface area contributed by atoms with Gasteiger partial charge in [-0.25, -0.2) is 0 Å². The molecule has 1 atom stereocenters. The van der Waals surface area contributed by atoms with Gasteiger partial charge < -0.3 is 10.5 Å². The highest BCUT2D eigenvalue weighted by molar-refractivity contribution is 9.10. The minimum atomic E-state index is -2.83. The van der Waals surface area contributed by atoms with Gasteiger partial charge in [-0.05, 0) is 35.4 Å². The van der Waals surface area contributed by atoms with Crippen LogP contribution in [0.15, 0.2) is 53.0 Å². The summed E-state index contributed by atoms with van der Waals surface area (Å²) in [6.45, 7) is -2.83. The summed E-state index contributed by atoms with van der Waals surface area (Å²) in [5, 5.41) is 0. The molecule has 0 radical (unpaired) electrons. The van der Waals surface area contributed by atoms with Gasteiger partial charge >= 0.3 is 6.61 Å². The van der Waals surface area contributed by atoms with Crippen LogP contribution in [-0.2, 0) is 0 Å². The molecule has 0 aliphatic carbocycles. The lowest BCUT2D eigenvalue weighted by Gasteiger charge is -2.14. The molecular weight excluding hydrogens is 316 g/mol. The Kier molecular flexibility index (Phi) is 4.50. The van der Waals surface area contributed by atoms with Gasteiger partial charge in [0.2, 0.25) is 0 Å². The standard InChI is InChI=1S/C14H12BrF2NO/c15-11-6-4-9(5-7-11)13(18)10-2-1-3-12(8-10)19-14(16)17/h1-8,13-14H,18H2. The van der Waals surface area contributed by atoms with Gasteiger partial charge in [-0.3, -0.25) is 0 Å². The molecule has 0 fully saturated rings. The van der Waals surface area contributed by atoms with E-state index in [9.17, 15) is 8.78 Å². The SMILES string of the molecule is NC(c1ccc(Br)cc1)c1cccc(OC(F)F)c1. The average molecular weight is 328 g/mol. The molecule has 0 spiro atoms. The molecule has 1 unspecified atom stereocenters. The molecule has 2 rings (SSSR count). The molecule has 2 aromatic carbocycles. The number of alkyl halides is 2. The Hall–Kier alpha value is -1.46. The van der Waals surface area contributed by atoms with Crippen LogP contribution in [0.3, 0.4) is 0 Å². The molecular formula is C14H12BrF2NO. The molecule has 2 aromatic rings. The molecule has 0 aromatic heterocycles. The molecule has 2 N–H and O–H groups in total. The minimum Gasteiger partial charge on any atom is -0.435 e. The zero-order valence-corrected chi connectivity index (χ0v) is 11.5. The number of hydrogen-bond donors (Lipinski definition) is 1. The topological polar surface area (TPSA) is 35.2 Å². The zero-order chi connectivity index (χ0) is 13.8. The van der Waals surface area contributed by atoms with Crippen molar-refractivity contribution in [3.63, 3.8) is 0 Å². The minimum absolute atomic E-state index is 0.111. The van der Waals surface area contributed by atoms with Gasteiger partial charge in [0, 0.05) is 4.47 Å². The summed E-state index contributed by atoms with van der Waals surface area (Å²) >= 11 is 3.35. The van der Waals surface area contributed by atoms with E-state index >= 15 is 0 Å². The quantitative estimate of drug-likeness (QED) is 0.917. The van der Waals surface area contributed by atoms with Crippen molar-refractivity contribution >= 4 is 15.9 Å². The first-order chi connectivity index (χ1) is 9.06. The third-order valence-corrected chi connectivity index (χ3v) is 3.20. The van der Waals surface area contributed by atoms with Crippen molar-refractivity contribution in [2.24, 2.45) is 5.73 Å². The summed E-state index contributed by atoms with van der Waals surface area (Å²) in [4.78, 5) is 0. The van der Waals surface area contributed by atoms with Crippen LogP contribution in [0.1, 0.15) is 17.2 Å². The van der Waals surface area contributed by atoms with E-state index in [1.54, 1.807) is 12.1 Å². The molecule has 0 aliphatic rings. The largest absolute Gasteiger partial charge is 0.435 e. The maximum absolute atomic E-state index is 12.2. The molecule has 19 heavy (non-hydrogen) atoms. The Bertz CT molecular complexity index is 545. The number of benzene rings is 2. The average Bonchev–Trinajstić information content (AvgIpc) is 2.38. The van der Waals surface area contributed by atoms with Crippen LogP contribution in [0.5, 0.6) is 5.75 Å². The summed E-state index contributed by atoms with van der Waals surface area (Å²) in [6.07, 6.45) is 0. The Balaban J connectivity index is 2.23. The third kappa shape index (κ3) is 3.75. The predicted octanol–water partition coefficient (Wildman–Crippen LogP) is 4.10. The van der Waals surface area contributed by atoms with Gasteiger partial charge in [0.25, 0.3) is 0 Å². The normalized spacial score (nSPS) is 12.5. The molecule has 0 amide bonds. The molecule has 0 bridgehead atoms. The van der Waals surface area contributed by atoms with Crippen molar-refractivity contribution in [1.29, 1.82) is 0 Å². The first-order valence-corrected chi connectivity index (χ1v) is 6.41. The van der Waals surface area contributed by atoms with E-state index in [0.29, 0.717) is 0 Å². The first kappa shape index (κ1) is 14.0. The monoisotopic (exact) mass is 327 g/mol. The Morgan fingerprint density at radius 3 is 2.32 bits per heavy atom. The Morgan fingerprint density at radius 2 is 1.68 bits per heavy atom. The number of halogens is 3. The maximum atomic E-state index is 12.2. The van der Waals surface area contributed by atoms with Crippen molar-refractivity contribution in [3.8, 4) is 5.75 Å². The van der Waals surface area contributed by atoms with Crippen LogP contribution in [0.4, 0.5) is 8.78 Å². The van der Waals surface area contributed by atoms with E-state index < -0.39 is 6.61 Å². The maximum Gasteiger partial charge on any atom is 0.387 e.